The molecule has 4 saturated heterocycles. The summed E-state index contributed by atoms with van der Waals surface area (Å²) in [5, 5.41) is 17.1. The summed E-state index contributed by atoms with van der Waals surface area (Å²) in [6.45, 7) is 4.76. The van der Waals surface area contributed by atoms with Crippen molar-refractivity contribution >= 4 is 28.8 Å². The smallest absolute Gasteiger partial charge is 0.253 e. The van der Waals surface area contributed by atoms with Gasteiger partial charge in [-0.15, -0.1) is 0 Å². The van der Waals surface area contributed by atoms with E-state index in [1.54, 1.807) is 0 Å². The van der Waals surface area contributed by atoms with Gasteiger partial charge in [-0.2, -0.15) is 4.74 Å². The summed E-state index contributed by atoms with van der Waals surface area (Å²) in [5.41, 5.74) is 2.33. The number of hydrogen-bond donors (Lipinski definition) is 1. The highest BCUT2D eigenvalue weighted by atomic mass is 16.5. The maximum Gasteiger partial charge on any atom is 0.253 e. The zero-order valence-electron chi connectivity index (χ0n) is 18.7. The van der Waals surface area contributed by atoms with Gasteiger partial charge in [-0.3, -0.25) is 9.59 Å². The molecule has 3 atom stereocenters. The van der Waals surface area contributed by atoms with Crippen LogP contribution in [-0.4, -0.2) is 44.8 Å². The van der Waals surface area contributed by atoms with Gasteiger partial charge in [-0.05, 0) is 56.9 Å². The Morgan fingerprint density at radius 3 is 2.61 bits per heavy atom. The predicted octanol–water partition coefficient (Wildman–Crippen LogP) is 3.62. The number of rotatable bonds is 1. The van der Waals surface area contributed by atoms with E-state index in [0.29, 0.717) is 30.8 Å². The molecular weight excluding hydrogens is 414 g/mol. The molecule has 1 N–H and O–H groups in total. The Morgan fingerprint density at radius 2 is 1.82 bits per heavy atom. The molecule has 2 aromatic carbocycles. The molecule has 166 valence electrons. The van der Waals surface area contributed by atoms with Crippen molar-refractivity contribution in [3.05, 3.63) is 65.4 Å². The van der Waals surface area contributed by atoms with E-state index in [9.17, 15) is 14.8 Å². The Labute approximate surface area is 192 Å². The van der Waals surface area contributed by atoms with Crippen LogP contribution in [0.5, 0.6) is 0 Å². The Kier molecular flexibility index (Phi) is 3.32. The minimum atomic E-state index is -1.10. The van der Waals surface area contributed by atoms with Gasteiger partial charge in [0.1, 0.15) is 11.1 Å². The van der Waals surface area contributed by atoms with E-state index in [1.807, 2.05) is 59.5 Å². The van der Waals surface area contributed by atoms with Gasteiger partial charge in [0.05, 0.1) is 22.1 Å². The van der Waals surface area contributed by atoms with Gasteiger partial charge in [0.15, 0.2) is 0 Å². The van der Waals surface area contributed by atoms with Crippen molar-refractivity contribution in [2.75, 3.05) is 6.54 Å². The zero-order valence-corrected chi connectivity index (χ0v) is 18.7. The number of para-hydroxylation sites is 1. The summed E-state index contributed by atoms with van der Waals surface area (Å²) < 4.78 is 1.09. The minimum absolute atomic E-state index is 0.0133. The van der Waals surface area contributed by atoms with Gasteiger partial charge in [0.25, 0.3) is 5.91 Å². The fraction of sp³-hybridized carbons (Fsp3) is 0.370. The van der Waals surface area contributed by atoms with E-state index >= 15 is 0 Å². The van der Waals surface area contributed by atoms with Crippen LogP contribution in [0.1, 0.15) is 38.7 Å². The van der Waals surface area contributed by atoms with Crippen LogP contribution in [0, 0.1) is 16.5 Å². The van der Waals surface area contributed by atoms with E-state index in [2.05, 4.69) is 19.2 Å². The van der Waals surface area contributed by atoms with E-state index in [-0.39, 0.29) is 17.7 Å². The van der Waals surface area contributed by atoms with Gasteiger partial charge in [0.2, 0.25) is 17.3 Å². The van der Waals surface area contributed by atoms with Crippen LogP contribution in [0.25, 0.3) is 16.7 Å². The first-order valence-electron chi connectivity index (χ1n) is 11.7. The van der Waals surface area contributed by atoms with Gasteiger partial charge in [-0.25, -0.2) is 0 Å². The topological polar surface area (TPSA) is 75.5 Å². The molecule has 6 aliphatic rings. The Morgan fingerprint density at radius 1 is 1.06 bits per heavy atom. The molecule has 0 aromatic heterocycles. The molecule has 5 heterocycles. The van der Waals surface area contributed by atoms with Gasteiger partial charge >= 0.3 is 0 Å². The number of nitrogens with zero attached hydrogens (tertiary/aromatic N) is 2. The van der Waals surface area contributed by atoms with Crippen LogP contribution in [0.3, 0.4) is 0 Å². The monoisotopic (exact) mass is 439 g/mol. The van der Waals surface area contributed by atoms with Crippen LogP contribution in [-0.2, 0) is 9.59 Å². The minimum Gasteiger partial charge on any atom is -0.618 e. The first kappa shape index (κ1) is 19.1. The third kappa shape index (κ3) is 2.00. The molecule has 2 aromatic rings. The lowest BCUT2D eigenvalue weighted by Crippen LogP contribution is -2.83. The van der Waals surface area contributed by atoms with Crippen molar-refractivity contribution in [2.45, 2.75) is 44.2 Å². The molecule has 2 amide bonds. The van der Waals surface area contributed by atoms with E-state index in [0.717, 1.165) is 33.4 Å². The molecular formula is C27H25N3O3. The van der Waals surface area contributed by atoms with Crippen molar-refractivity contribution in [3.8, 4) is 11.1 Å². The number of piperidine rings is 2. The van der Waals surface area contributed by atoms with Gasteiger partial charge < -0.3 is 15.4 Å². The highest BCUT2D eigenvalue weighted by molar-refractivity contribution is 6.30. The predicted molar refractivity (Wildman–Crippen MR) is 125 cm³/mol. The maximum absolute atomic E-state index is 13.9. The molecule has 6 heteroatoms. The quantitative estimate of drug-likeness (QED) is 0.545. The highest BCUT2D eigenvalue weighted by Crippen LogP contribution is 2.60. The Hall–Kier alpha value is -3.41. The van der Waals surface area contributed by atoms with Crippen molar-refractivity contribution in [2.24, 2.45) is 11.3 Å². The SMILES string of the molecule is CC1(C)C2=[N+]([O-])c3c(cccc3-c3ccccc3)C2=C[C@]23NC(=O)[C@@]4(CCCN4C2=O)C[C@H]13. The largest absolute Gasteiger partial charge is 0.618 e. The number of carbonyl (C=O) groups is 2. The molecule has 1 aliphatic carbocycles. The molecule has 0 saturated carbocycles. The average molecular weight is 440 g/mol. The number of nitrogens with one attached hydrogen (secondary N) is 1. The Balaban J connectivity index is 1.51. The Bertz CT molecular complexity index is 1340. The van der Waals surface area contributed by atoms with E-state index < -0.39 is 16.5 Å². The molecule has 2 bridgehead atoms. The number of allylic oxidation sites excluding steroid dienone is 1. The standard InChI is InChI=1S/C27H25N3O3/c1-25(2)20-15-26-12-7-13-29(26)24(32)27(20,28-23(26)31)14-19-18-11-6-10-17(16-8-4-3-5-9-16)21(18)30(33)22(19)25/h3-6,8-11,14,20H,7,12-13,15H2,1-2H3,(H,28,31)/t20-,26-,27-/m1/s1. The number of hydrogen-bond acceptors (Lipinski definition) is 3. The van der Waals surface area contributed by atoms with Crippen LogP contribution >= 0.6 is 0 Å². The molecule has 6 nitrogen and oxygen atoms in total. The average Bonchev–Trinajstić information content (AvgIpc) is 3.36. The van der Waals surface area contributed by atoms with Crippen molar-refractivity contribution in [1.29, 1.82) is 0 Å². The van der Waals surface area contributed by atoms with Gasteiger partial charge in [-0.1, -0.05) is 36.4 Å². The van der Waals surface area contributed by atoms with Crippen LogP contribution in [0.15, 0.2) is 54.6 Å². The first-order chi connectivity index (χ1) is 15.8. The lowest BCUT2D eigenvalue weighted by atomic mass is 9.51. The number of carbonyl (C=O) groups excluding carboxylic acids is 2. The fourth-order valence-electron chi connectivity index (χ4n) is 7.38. The lowest BCUT2D eigenvalue weighted by molar-refractivity contribution is -0.361. The summed E-state index contributed by atoms with van der Waals surface area (Å²) in [6, 6.07) is 15.8. The second kappa shape index (κ2) is 5.74. The van der Waals surface area contributed by atoms with E-state index in [4.69, 9.17) is 0 Å². The molecule has 5 aliphatic heterocycles. The van der Waals surface area contributed by atoms with Crippen LogP contribution in [0.4, 0.5) is 5.69 Å². The molecule has 0 unspecified atom stereocenters. The van der Waals surface area contributed by atoms with Crippen LogP contribution < -0.4 is 5.32 Å². The molecule has 4 fully saturated rings. The van der Waals surface area contributed by atoms with Crippen molar-refractivity contribution in [1.82, 2.24) is 10.2 Å². The normalized spacial score (nSPS) is 32.7. The summed E-state index contributed by atoms with van der Waals surface area (Å²) in [6.07, 6.45) is 4.04. The third-order valence-electron chi connectivity index (χ3n) is 8.85. The van der Waals surface area contributed by atoms with Crippen LogP contribution in [0.2, 0.25) is 0 Å². The highest BCUT2D eigenvalue weighted by Gasteiger charge is 2.74. The second-order valence-electron chi connectivity index (χ2n) is 10.7. The fourth-order valence-corrected chi connectivity index (χ4v) is 7.38. The molecule has 2 spiro atoms. The van der Waals surface area contributed by atoms with Crippen molar-refractivity contribution < 1.29 is 14.3 Å². The summed E-state index contributed by atoms with van der Waals surface area (Å²) in [5.74, 6) is -0.225. The van der Waals surface area contributed by atoms with E-state index in [1.165, 1.54) is 0 Å². The maximum atomic E-state index is 13.9. The summed E-state index contributed by atoms with van der Waals surface area (Å²) >= 11 is 0. The third-order valence-corrected chi connectivity index (χ3v) is 8.85. The second-order valence-corrected chi connectivity index (χ2v) is 10.7. The molecule has 8 rings (SSSR count). The number of amides is 2. The number of benzene rings is 2. The molecule has 0 radical (unpaired) electrons. The number of piperazine rings is 1. The van der Waals surface area contributed by atoms with Crippen molar-refractivity contribution in [3.63, 3.8) is 0 Å². The number of fused-ring (bicyclic) bond motifs is 4. The first-order valence-corrected chi connectivity index (χ1v) is 11.7. The lowest BCUT2D eigenvalue weighted by Gasteiger charge is -2.62. The zero-order chi connectivity index (χ0) is 22.8. The van der Waals surface area contributed by atoms with Gasteiger partial charge in [0, 0.05) is 12.5 Å². The summed E-state index contributed by atoms with van der Waals surface area (Å²) in [4.78, 5) is 29.0. The molecule has 33 heavy (non-hydrogen) atoms. The summed E-state index contributed by atoms with van der Waals surface area (Å²) in [7, 11) is 0.